The Morgan fingerprint density at radius 3 is 3.00 bits per heavy atom. The molecule has 98 valence electrons. The Bertz CT molecular complexity index is 451. The molecule has 1 heterocycles. The van der Waals surface area contributed by atoms with Crippen LogP contribution < -0.4 is 5.73 Å². The lowest BCUT2D eigenvalue weighted by molar-refractivity contribution is 0.0675. The average molecular weight is 252 g/mol. The minimum Gasteiger partial charge on any atom is -0.507 e. The fourth-order valence-corrected chi connectivity index (χ4v) is 2.30. The zero-order chi connectivity index (χ0) is 13.1. The van der Waals surface area contributed by atoms with Crippen LogP contribution in [0.3, 0.4) is 0 Å². The third kappa shape index (κ3) is 2.61. The molecular formula is C13H17FN2O2. The maximum atomic E-state index is 12.9. The van der Waals surface area contributed by atoms with Gasteiger partial charge in [0.1, 0.15) is 11.6 Å². The normalized spacial score (nSPS) is 19.9. The molecule has 1 aliphatic rings. The highest BCUT2D eigenvalue weighted by Gasteiger charge is 2.25. The van der Waals surface area contributed by atoms with Crippen LogP contribution in [0.2, 0.25) is 0 Å². The lowest BCUT2D eigenvalue weighted by Crippen LogP contribution is -2.42. The van der Waals surface area contributed by atoms with Gasteiger partial charge in [-0.2, -0.15) is 0 Å². The van der Waals surface area contributed by atoms with Crippen LogP contribution in [0.25, 0.3) is 0 Å². The summed E-state index contributed by atoms with van der Waals surface area (Å²) in [6, 6.07) is 3.45. The van der Waals surface area contributed by atoms with E-state index < -0.39 is 5.82 Å². The van der Waals surface area contributed by atoms with Crippen LogP contribution in [0.4, 0.5) is 4.39 Å². The topological polar surface area (TPSA) is 66.6 Å². The van der Waals surface area contributed by atoms with E-state index in [0.717, 1.165) is 18.9 Å². The van der Waals surface area contributed by atoms with Crippen molar-refractivity contribution < 1.29 is 14.3 Å². The predicted octanol–water partition coefficient (Wildman–Crippen LogP) is 1.34. The molecule has 4 nitrogen and oxygen atoms in total. The number of carbonyl (C=O) groups excluding carboxylic acids is 1. The molecule has 1 unspecified atom stereocenters. The summed E-state index contributed by atoms with van der Waals surface area (Å²) < 4.78 is 12.9. The number of nitrogens with zero attached hydrogens (tertiary/aromatic N) is 1. The van der Waals surface area contributed by atoms with Gasteiger partial charge in [-0.3, -0.25) is 4.79 Å². The number of rotatable bonds is 2. The fraction of sp³-hybridized carbons (Fsp3) is 0.462. The van der Waals surface area contributed by atoms with Gasteiger partial charge in [0.15, 0.2) is 0 Å². The van der Waals surface area contributed by atoms with E-state index in [1.54, 1.807) is 4.90 Å². The van der Waals surface area contributed by atoms with Gasteiger partial charge in [0.05, 0.1) is 5.56 Å². The van der Waals surface area contributed by atoms with E-state index in [9.17, 15) is 14.3 Å². The average Bonchev–Trinajstić information content (AvgIpc) is 2.38. The van der Waals surface area contributed by atoms with Crippen LogP contribution in [-0.2, 0) is 0 Å². The fourth-order valence-electron chi connectivity index (χ4n) is 2.30. The van der Waals surface area contributed by atoms with Crippen molar-refractivity contribution >= 4 is 5.91 Å². The zero-order valence-corrected chi connectivity index (χ0v) is 10.1. The quantitative estimate of drug-likeness (QED) is 0.834. The molecule has 0 spiro atoms. The van der Waals surface area contributed by atoms with Gasteiger partial charge < -0.3 is 15.7 Å². The number of phenolic OH excluding ortho intramolecular Hbond substituents is 1. The summed E-state index contributed by atoms with van der Waals surface area (Å²) in [5, 5.41) is 9.60. The predicted molar refractivity (Wildman–Crippen MR) is 65.7 cm³/mol. The number of hydrogen-bond donors (Lipinski definition) is 2. The Kier molecular flexibility index (Phi) is 3.81. The Balaban J connectivity index is 2.15. The summed E-state index contributed by atoms with van der Waals surface area (Å²) in [5.74, 6) is -0.812. The molecule has 1 amide bonds. The summed E-state index contributed by atoms with van der Waals surface area (Å²) in [4.78, 5) is 13.9. The van der Waals surface area contributed by atoms with Crippen molar-refractivity contribution in [2.45, 2.75) is 12.8 Å². The molecule has 0 radical (unpaired) electrons. The first-order valence-electron chi connectivity index (χ1n) is 6.09. The molecule has 0 aliphatic carbocycles. The maximum absolute atomic E-state index is 12.9. The molecule has 5 heteroatoms. The summed E-state index contributed by atoms with van der Waals surface area (Å²) >= 11 is 0. The molecule has 1 fully saturated rings. The van der Waals surface area contributed by atoms with Gasteiger partial charge in [0.25, 0.3) is 5.91 Å². The Labute approximate surface area is 105 Å². The number of carbonyl (C=O) groups is 1. The van der Waals surface area contributed by atoms with Crippen molar-refractivity contribution in [3.05, 3.63) is 29.6 Å². The Hall–Kier alpha value is -1.62. The van der Waals surface area contributed by atoms with Crippen LogP contribution in [0, 0.1) is 11.7 Å². The van der Waals surface area contributed by atoms with Gasteiger partial charge in [-0.1, -0.05) is 0 Å². The molecule has 1 saturated heterocycles. The molecule has 1 aromatic rings. The van der Waals surface area contributed by atoms with E-state index in [-0.39, 0.29) is 17.2 Å². The van der Waals surface area contributed by atoms with E-state index in [1.807, 2.05) is 0 Å². The maximum Gasteiger partial charge on any atom is 0.257 e. The van der Waals surface area contributed by atoms with Gasteiger partial charge in [-0.15, -0.1) is 0 Å². The highest BCUT2D eigenvalue weighted by Crippen LogP contribution is 2.23. The molecule has 0 bridgehead atoms. The van der Waals surface area contributed by atoms with E-state index in [4.69, 9.17) is 5.73 Å². The Morgan fingerprint density at radius 2 is 2.33 bits per heavy atom. The van der Waals surface area contributed by atoms with E-state index in [2.05, 4.69) is 0 Å². The van der Waals surface area contributed by atoms with Crippen molar-refractivity contribution in [1.29, 1.82) is 0 Å². The number of aromatic hydroxyl groups is 1. The zero-order valence-electron chi connectivity index (χ0n) is 10.1. The molecule has 0 aromatic heterocycles. The minimum absolute atomic E-state index is 0.147. The molecule has 2 rings (SSSR count). The van der Waals surface area contributed by atoms with Crippen molar-refractivity contribution in [3.63, 3.8) is 0 Å². The SMILES string of the molecule is NCC1CCCN(C(=O)c2ccc(F)cc2O)C1. The van der Waals surface area contributed by atoms with Crippen molar-refractivity contribution in [3.8, 4) is 5.75 Å². The number of nitrogens with two attached hydrogens (primary N) is 1. The van der Waals surface area contributed by atoms with Gasteiger partial charge >= 0.3 is 0 Å². The lowest BCUT2D eigenvalue weighted by Gasteiger charge is -2.32. The monoisotopic (exact) mass is 252 g/mol. The summed E-state index contributed by atoms with van der Waals surface area (Å²) in [6.45, 7) is 1.82. The van der Waals surface area contributed by atoms with Crippen LogP contribution >= 0.6 is 0 Å². The van der Waals surface area contributed by atoms with Crippen LogP contribution in [0.1, 0.15) is 23.2 Å². The number of amides is 1. The summed E-state index contributed by atoms with van der Waals surface area (Å²) in [6.07, 6.45) is 1.94. The summed E-state index contributed by atoms with van der Waals surface area (Å²) in [7, 11) is 0. The van der Waals surface area contributed by atoms with E-state index >= 15 is 0 Å². The molecule has 1 atom stereocenters. The first-order valence-corrected chi connectivity index (χ1v) is 6.09. The first-order chi connectivity index (χ1) is 8.61. The highest BCUT2D eigenvalue weighted by atomic mass is 19.1. The van der Waals surface area contributed by atoms with Crippen LogP contribution in [0.5, 0.6) is 5.75 Å². The second kappa shape index (κ2) is 5.35. The summed E-state index contributed by atoms with van der Waals surface area (Å²) in [5.41, 5.74) is 5.76. The number of hydrogen-bond acceptors (Lipinski definition) is 3. The number of likely N-dealkylation sites (tertiary alicyclic amines) is 1. The van der Waals surface area contributed by atoms with E-state index in [0.29, 0.717) is 25.6 Å². The third-order valence-electron chi connectivity index (χ3n) is 3.33. The highest BCUT2D eigenvalue weighted by molar-refractivity contribution is 5.96. The Morgan fingerprint density at radius 1 is 1.56 bits per heavy atom. The van der Waals surface area contributed by atoms with Crippen LogP contribution in [0.15, 0.2) is 18.2 Å². The van der Waals surface area contributed by atoms with Crippen molar-refractivity contribution in [2.75, 3.05) is 19.6 Å². The van der Waals surface area contributed by atoms with Crippen LogP contribution in [-0.4, -0.2) is 35.5 Å². The standard InChI is InChI=1S/C13H17FN2O2/c14-10-3-4-11(12(17)6-10)13(18)16-5-1-2-9(7-15)8-16/h3-4,6,9,17H,1-2,5,7-8,15H2. The molecule has 1 aliphatic heterocycles. The largest absolute Gasteiger partial charge is 0.507 e. The van der Waals surface area contributed by atoms with Gasteiger partial charge in [-0.05, 0) is 37.4 Å². The second-order valence-corrected chi connectivity index (χ2v) is 4.66. The molecule has 0 saturated carbocycles. The number of phenols is 1. The van der Waals surface area contributed by atoms with Gasteiger partial charge in [0.2, 0.25) is 0 Å². The number of halogens is 1. The van der Waals surface area contributed by atoms with Crippen molar-refractivity contribution in [2.24, 2.45) is 11.7 Å². The number of benzene rings is 1. The van der Waals surface area contributed by atoms with Gasteiger partial charge in [0, 0.05) is 19.2 Å². The lowest BCUT2D eigenvalue weighted by atomic mass is 9.97. The van der Waals surface area contributed by atoms with Crippen molar-refractivity contribution in [1.82, 2.24) is 4.90 Å². The van der Waals surface area contributed by atoms with Gasteiger partial charge in [-0.25, -0.2) is 4.39 Å². The smallest absolute Gasteiger partial charge is 0.257 e. The molecule has 3 N–H and O–H groups in total. The third-order valence-corrected chi connectivity index (χ3v) is 3.33. The molecular weight excluding hydrogens is 235 g/mol. The number of piperidine rings is 1. The minimum atomic E-state index is -0.553. The first kappa shape index (κ1) is 12.8. The molecule has 18 heavy (non-hydrogen) atoms. The van der Waals surface area contributed by atoms with E-state index in [1.165, 1.54) is 12.1 Å². The second-order valence-electron chi connectivity index (χ2n) is 4.66. The molecule has 1 aromatic carbocycles.